The van der Waals surface area contributed by atoms with Crippen LogP contribution in [-0.4, -0.2) is 11.7 Å². The molecule has 2 rings (SSSR count). The highest BCUT2D eigenvalue weighted by atomic mass is 35.5. The van der Waals surface area contributed by atoms with Crippen molar-refractivity contribution >= 4 is 17.3 Å². The lowest BCUT2D eigenvalue weighted by atomic mass is 10.1. The van der Waals surface area contributed by atoms with E-state index in [-0.39, 0.29) is 6.54 Å². The van der Waals surface area contributed by atoms with Crippen LogP contribution < -0.4 is 5.32 Å². The Labute approximate surface area is 121 Å². The van der Waals surface area contributed by atoms with Gasteiger partial charge < -0.3 is 10.4 Å². The molecule has 1 atom stereocenters. The number of hydrogen-bond donors (Lipinski definition) is 2. The molecule has 20 heavy (non-hydrogen) atoms. The average Bonchev–Trinajstić information content (AvgIpc) is 2.45. The fraction of sp³-hybridized carbons (Fsp3) is 0.133. The third-order valence-electron chi connectivity index (χ3n) is 2.82. The van der Waals surface area contributed by atoms with Gasteiger partial charge in [0, 0.05) is 6.54 Å². The van der Waals surface area contributed by atoms with Crippen LogP contribution in [-0.2, 0) is 0 Å². The van der Waals surface area contributed by atoms with Crippen molar-refractivity contribution in [2.75, 3.05) is 11.9 Å². The Bertz CT molecular complexity index is 655. The quantitative estimate of drug-likeness (QED) is 0.906. The van der Waals surface area contributed by atoms with Crippen molar-refractivity contribution < 1.29 is 9.50 Å². The van der Waals surface area contributed by atoms with E-state index in [1.807, 2.05) is 6.07 Å². The van der Waals surface area contributed by atoms with Gasteiger partial charge in [0.1, 0.15) is 5.82 Å². The number of aliphatic hydroxyl groups excluding tert-OH is 1. The van der Waals surface area contributed by atoms with Gasteiger partial charge in [-0.3, -0.25) is 0 Å². The van der Waals surface area contributed by atoms with Crippen LogP contribution in [0.3, 0.4) is 0 Å². The van der Waals surface area contributed by atoms with Crippen molar-refractivity contribution in [1.82, 2.24) is 0 Å². The lowest BCUT2D eigenvalue weighted by molar-refractivity contribution is 0.191. The topological polar surface area (TPSA) is 56.0 Å². The molecule has 2 N–H and O–H groups in total. The standard InChI is InChI=1S/C15H12ClFN2O/c16-13-6-10(8-18)4-5-14(13)19-9-15(20)11-2-1-3-12(17)7-11/h1-7,15,19-20H,9H2. The van der Waals surface area contributed by atoms with Gasteiger partial charge in [-0.05, 0) is 35.9 Å². The zero-order valence-corrected chi connectivity index (χ0v) is 11.2. The summed E-state index contributed by atoms with van der Waals surface area (Å²) in [6.45, 7) is 0.190. The maximum atomic E-state index is 13.1. The molecule has 0 saturated carbocycles. The lowest BCUT2D eigenvalue weighted by Gasteiger charge is -2.14. The van der Waals surface area contributed by atoms with Gasteiger partial charge in [-0.25, -0.2) is 4.39 Å². The molecule has 5 heteroatoms. The fourth-order valence-electron chi connectivity index (χ4n) is 1.77. The Morgan fingerprint density at radius 2 is 2.10 bits per heavy atom. The summed E-state index contributed by atoms with van der Waals surface area (Å²) in [5, 5.41) is 22.1. The predicted molar refractivity (Wildman–Crippen MR) is 76.0 cm³/mol. The molecule has 0 amide bonds. The van der Waals surface area contributed by atoms with Crippen molar-refractivity contribution in [3.63, 3.8) is 0 Å². The molecule has 2 aromatic carbocycles. The third kappa shape index (κ3) is 3.47. The number of hydrogen-bond acceptors (Lipinski definition) is 3. The van der Waals surface area contributed by atoms with Crippen molar-refractivity contribution in [3.05, 3.63) is 64.4 Å². The zero-order chi connectivity index (χ0) is 14.5. The molecule has 0 aliphatic rings. The van der Waals surface area contributed by atoms with E-state index in [0.29, 0.717) is 21.8 Å². The Hall–Kier alpha value is -2.09. The maximum absolute atomic E-state index is 13.1. The Kier molecular flexibility index (Phi) is 4.57. The minimum atomic E-state index is -0.850. The maximum Gasteiger partial charge on any atom is 0.123 e. The number of halogens is 2. The summed E-state index contributed by atoms with van der Waals surface area (Å²) < 4.78 is 13.1. The molecule has 3 nitrogen and oxygen atoms in total. The summed E-state index contributed by atoms with van der Waals surface area (Å²) in [6, 6.07) is 12.6. The van der Waals surface area contributed by atoms with Gasteiger partial charge in [-0.1, -0.05) is 23.7 Å². The van der Waals surface area contributed by atoms with Crippen LogP contribution in [0.5, 0.6) is 0 Å². The molecular formula is C15H12ClFN2O. The van der Waals surface area contributed by atoms with Crippen molar-refractivity contribution in [2.45, 2.75) is 6.10 Å². The molecule has 0 saturated heterocycles. The molecule has 0 spiro atoms. The van der Waals surface area contributed by atoms with E-state index in [4.69, 9.17) is 16.9 Å². The number of nitriles is 1. The Morgan fingerprint density at radius 3 is 2.75 bits per heavy atom. The first kappa shape index (κ1) is 14.3. The first-order valence-corrected chi connectivity index (χ1v) is 6.35. The second-order valence-corrected chi connectivity index (χ2v) is 4.67. The molecule has 0 aromatic heterocycles. The monoisotopic (exact) mass is 290 g/mol. The Balaban J connectivity index is 2.04. The number of benzene rings is 2. The third-order valence-corrected chi connectivity index (χ3v) is 3.13. The normalized spacial score (nSPS) is 11.7. The van der Waals surface area contributed by atoms with E-state index in [1.54, 1.807) is 30.3 Å². The SMILES string of the molecule is N#Cc1ccc(NCC(O)c2cccc(F)c2)c(Cl)c1. The fourth-order valence-corrected chi connectivity index (χ4v) is 2.01. The van der Waals surface area contributed by atoms with Crippen molar-refractivity contribution in [2.24, 2.45) is 0 Å². The van der Waals surface area contributed by atoms with Gasteiger partial charge in [-0.2, -0.15) is 5.26 Å². The molecule has 0 aliphatic heterocycles. The van der Waals surface area contributed by atoms with Gasteiger partial charge in [0.15, 0.2) is 0 Å². The van der Waals surface area contributed by atoms with Crippen LogP contribution >= 0.6 is 11.6 Å². The molecule has 1 unspecified atom stereocenters. The predicted octanol–water partition coefficient (Wildman–Crippen LogP) is 3.50. The summed E-state index contributed by atoms with van der Waals surface area (Å²) in [5.41, 5.74) is 1.56. The average molecular weight is 291 g/mol. The van der Waals surface area contributed by atoms with Gasteiger partial charge in [0.2, 0.25) is 0 Å². The second kappa shape index (κ2) is 6.38. The number of nitrogens with zero attached hydrogens (tertiary/aromatic N) is 1. The molecule has 2 aromatic rings. The first-order valence-electron chi connectivity index (χ1n) is 5.97. The van der Waals surface area contributed by atoms with Crippen LogP contribution in [0.15, 0.2) is 42.5 Å². The molecule has 102 valence electrons. The minimum Gasteiger partial charge on any atom is -0.387 e. The van der Waals surface area contributed by atoms with Crippen LogP contribution in [0.4, 0.5) is 10.1 Å². The van der Waals surface area contributed by atoms with E-state index >= 15 is 0 Å². The van der Waals surface area contributed by atoms with E-state index in [0.717, 1.165) is 0 Å². The van der Waals surface area contributed by atoms with E-state index in [2.05, 4.69) is 5.32 Å². The minimum absolute atomic E-state index is 0.190. The highest BCUT2D eigenvalue weighted by Gasteiger charge is 2.09. The molecule has 0 fully saturated rings. The van der Waals surface area contributed by atoms with Crippen LogP contribution in [0.25, 0.3) is 0 Å². The summed E-state index contributed by atoms with van der Waals surface area (Å²) in [6.07, 6.45) is -0.850. The van der Waals surface area contributed by atoms with Crippen LogP contribution in [0.1, 0.15) is 17.2 Å². The van der Waals surface area contributed by atoms with Gasteiger partial charge >= 0.3 is 0 Å². The van der Waals surface area contributed by atoms with E-state index in [9.17, 15) is 9.50 Å². The van der Waals surface area contributed by atoms with Crippen LogP contribution in [0, 0.1) is 17.1 Å². The summed E-state index contributed by atoms with van der Waals surface area (Å²) in [4.78, 5) is 0. The Morgan fingerprint density at radius 1 is 1.30 bits per heavy atom. The molecule has 0 heterocycles. The number of nitrogens with one attached hydrogen (secondary N) is 1. The summed E-state index contributed by atoms with van der Waals surface area (Å²) >= 11 is 6.01. The highest BCUT2D eigenvalue weighted by Crippen LogP contribution is 2.24. The van der Waals surface area contributed by atoms with Gasteiger partial charge in [-0.15, -0.1) is 0 Å². The van der Waals surface area contributed by atoms with Crippen molar-refractivity contribution in [1.29, 1.82) is 5.26 Å². The summed E-state index contributed by atoms with van der Waals surface area (Å²) in [7, 11) is 0. The van der Waals surface area contributed by atoms with Gasteiger partial charge in [0.05, 0.1) is 28.4 Å². The highest BCUT2D eigenvalue weighted by molar-refractivity contribution is 6.33. The first-order chi connectivity index (χ1) is 9.60. The van der Waals surface area contributed by atoms with E-state index in [1.165, 1.54) is 12.1 Å². The molecule has 0 aliphatic carbocycles. The molecule has 0 radical (unpaired) electrons. The number of anilines is 1. The lowest BCUT2D eigenvalue weighted by Crippen LogP contribution is -2.12. The van der Waals surface area contributed by atoms with Gasteiger partial charge in [0.25, 0.3) is 0 Å². The largest absolute Gasteiger partial charge is 0.387 e. The second-order valence-electron chi connectivity index (χ2n) is 4.26. The van der Waals surface area contributed by atoms with Crippen LogP contribution in [0.2, 0.25) is 5.02 Å². The number of rotatable bonds is 4. The molecule has 0 bridgehead atoms. The molecular weight excluding hydrogens is 279 g/mol. The smallest absolute Gasteiger partial charge is 0.123 e. The zero-order valence-electron chi connectivity index (χ0n) is 10.5. The van der Waals surface area contributed by atoms with Crippen molar-refractivity contribution in [3.8, 4) is 6.07 Å². The number of aliphatic hydroxyl groups is 1. The van der Waals surface area contributed by atoms with E-state index < -0.39 is 11.9 Å². The summed E-state index contributed by atoms with van der Waals surface area (Å²) in [5.74, 6) is -0.391.